The summed E-state index contributed by atoms with van der Waals surface area (Å²) in [6.45, 7) is 14.3. The average molecular weight is 777 g/mol. The van der Waals surface area contributed by atoms with Gasteiger partial charge >= 0.3 is 16.4 Å². The van der Waals surface area contributed by atoms with Crippen molar-refractivity contribution < 1.29 is 26.7 Å². The van der Waals surface area contributed by atoms with Crippen LogP contribution in [-0.2, 0) is 24.1 Å². The number of nitrogens with one attached hydrogen (secondary N) is 1. The van der Waals surface area contributed by atoms with Crippen LogP contribution in [-0.4, -0.2) is 62.9 Å². The van der Waals surface area contributed by atoms with Gasteiger partial charge in [-0.1, -0.05) is 207 Å². The topological polar surface area (TPSA) is 105 Å². The van der Waals surface area contributed by atoms with Crippen molar-refractivity contribution >= 4 is 16.4 Å². The maximum absolute atomic E-state index is 11.2. The summed E-state index contributed by atoms with van der Waals surface area (Å²) in [5.41, 5.74) is 0. The lowest BCUT2D eigenvalue weighted by Crippen LogP contribution is -2.35. The number of hydrogen-bond acceptors (Lipinski definition) is 7. The molecule has 0 aliphatic carbocycles. The highest BCUT2D eigenvalue weighted by Crippen LogP contribution is 2.16. The molecule has 9 heteroatoms. The Hall–Kier alpha value is -0.740. The lowest BCUT2D eigenvalue weighted by atomic mass is 10.0. The zero-order valence-electron chi connectivity index (χ0n) is 36.1. The lowest BCUT2D eigenvalue weighted by molar-refractivity contribution is -0.143. The first-order chi connectivity index (χ1) is 25.7. The summed E-state index contributed by atoms with van der Waals surface area (Å²) < 4.78 is 35.6. The van der Waals surface area contributed by atoms with E-state index in [-0.39, 0.29) is 12.6 Å². The Bertz CT molecular complexity index is 829. The number of esters is 1. The molecule has 0 aromatic heterocycles. The molecule has 1 unspecified atom stereocenters. The molecule has 0 spiro atoms. The monoisotopic (exact) mass is 777 g/mol. The van der Waals surface area contributed by atoms with Crippen molar-refractivity contribution in [3.8, 4) is 0 Å². The van der Waals surface area contributed by atoms with E-state index in [4.69, 9.17) is 9.29 Å². The summed E-state index contributed by atoms with van der Waals surface area (Å²) >= 11 is 0. The van der Waals surface area contributed by atoms with Gasteiger partial charge in [-0.3, -0.25) is 14.2 Å². The molecule has 1 aliphatic heterocycles. The fourth-order valence-electron chi connectivity index (χ4n) is 7.05. The van der Waals surface area contributed by atoms with Crippen LogP contribution in [0.25, 0.3) is 0 Å². The van der Waals surface area contributed by atoms with Gasteiger partial charge in [-0.25, -0.2) is 4.18 Å². The molecular weight excluding hydrogens is 685 g/mol. The van der Waals surface area contributed by atoms with Crippen LogP contribution in [0, 0.1) is 0 Å². The van der Waals surface area contributed by atoms with E-state index in [1.807, 2.05) is 6.92 Å². The van der Waals surface area contributed by atoms with E-state index in [2.05, 4.69) is 35.2 Å². The highest BCUT2D eigenvalue weighted by atomic mass is 32.3. The highest BCUT2D eigenvalue weighted by molar-refractivity contribution is 7.80. The van der Waals surface area contributed by atoms with Crippen molar-refractivity contribution in [2.75, 3.05) is 32.8 Å². The van der Waals surface area contributed by atoms with Crippen molar-refractivity contribution in [1.29, 1.82) is 0 Å². The van der Waals surface area contributed by atoms with Gasteiger partial charge in [-0.15, -0.1) is 0 Å². The van der Waals surface area contributed by atoms with Crippen LogP contribution in [0.4, 0.5) is 0 Å². The van der Waals surface area contributed by atoms with Gasteiger partial charge in [0.1, 0.15) is 0 Å². The van der Waals surface area contributed by atoms with E-state index in [0.29, 0.717) is 19.2 Å². The third-order valence-electron chi connectivity index (χ3n) is 10.3. The minimum absolute atomic E-state index is 0.0289. The standard InChI is InChI=1S/C22H46N2.C20H40O2.C2H6O4S/c1-3-5-6-7-8-9-10-11-12-13-14-15-16-17-18-19-22-23-20-21-24(22)4-2;1-3-5-6-7-8-9-10-11-12-13-14-15-16-17-18-19-20(21)22-4-2;1-2-6-7(3,4)5/h22-23H,3-21H2,1-2H3;3-19H2,1-2H3;2H2,1H3,(H,3,4,5). The molecule has 320 valence electrons. The molecule has 1 saturated heterocycles. The Balaban J connectivity index is 0. The third kappa shape index (κ3) is 45.5. The minimum Gasteiger partial charge on any atom is -0.466 e. The van der Waals surface area contributed by atoms with E-state index in [0.717, 1.165) is 6.42 Å². The normalized spacial score (nSPS) is 14.4. The SMILES string of the molecule is CCCCCCCCCCCCCCCCCC(=O)OCC.CCCCCCCCCCCCCCCCCC1NCCN1CC.CCOS(=O)(=O)O. The minimum atomic E-state index is -4.17. The number of carbonyl (C=O) groups is 1. The van der Waals surface area contributed by atoms with Gasteiger partial charge in [-0.05, 0) is 33.2 Å². The second-order valence-corrected chi connectivity index (χ2v) is 16.3. The van der Waals surface area contributed by atoms with Crippen molar-refractivity contribution in [2.24, 2.45) is 0 Å². The number of unbranched alkanes of at least 4 members (excludes halogenated alkanes) is 28. The van der Waals surface area contributed by atoms with E-state index < -0.39 is 10.4 Å². The van der Waals surface area contributed by atoms with Gasteiger partial charge in [0.05, 0.1) is 19.4 Å². The number of hydrogen-bond donors (Lipinski definition) is 2. The van der Waals surface area contributed by atoms with Crippen molar-refractivity contribution in [1.82, 2.24) is 10.2 Å². The molecule has 1 atom stereocenters. The Morgan fingerprint density at radius 1 is 0.566 bits per heavy atom. The summed E-state index contributed by atoms with van der Waals surface area (Å²) in [6, 6.07) is 0. The second-order valence-electron chi connectivity index (χ2n) is 15.2. The molecule has 0 radical (unpaired) electrons. The average Bonchev–Trinajstić information content (AvgIpc) is 3.59. The smallest absolute Gasteiger partial charge is 0.397 e. The molecule has 1 heterocycles. The van der Waals surface area contributed by atoms with Crippen molar-refractivity contribution in [2.45, 2.75) is 246 Å². The Kier molecular flexibility index (Phi) is 45.1. The number of nitrogens with zero attached hydrogens (tertiary/aromatic N) is 1. The van der Waals surface area contributed by atoms with Gasteiger partial charge in [-0.2, -0.15) is 8.42 Å². The number of rotatable bonds is 36. The molecule has 8 nitrogen and oxygen atoms in total. The van der Waals surface area contributed by atoms with E-state index in [9.17, 15) is 13.2 Å². The first-order valence-electron chi connectivity index (χ1n) is 23.0. The fourth-order valence-corrected chi connectivity index (χ4v) is 7.35. The zero-order chi connectivity index (χ0) is 39.5. The first-order valence-corrected chi connectivity index (χ1v) is 24.4. The molecular formula is C44H92N2O6S. The number of likely N-dealkylation sites (N-methyl/N-ethyl adjacent to an activating group) is 1. The largest absolute Gasteiger partial charge is 0.466 e. The first kappa shape index (κ1) is 54.4. The molecule has 0 amide bonds. The quantitative estimate of drug-likeness (QED) is 0.0368. The maximum Gasteiger partial charge on any atom is 0.397 e. The van der Waals surface area contributed by atoms with E-state index in [1.165, 1.54) is 219 Å². The van der Waals surface area contributed by atoms with Gasteiger partial charge in [0, 0.05) is 19.5 Å². The Morgan fingerprint density at radius 3 is 1.23 bits per heavy atom. The van der Waals surface area contributed by atoms with Crippen LogP contribution in [0.3, 0.4) is 0 Å². The van der Waals surface area contributed by atoms with Crippen molar-refractivity contribution in [3.63, 3.8) is 0 Å². The van der Waals surface area contributed by atoms with Crippen LogP contribution in [0.2, 0.25) is 0 Å². The second kappa shape index (κ2) is 44.0. The summed E-state index contributed by atoms with van der Waals surface area (Å²) in [5.74, 6) is -0.0304. The molecule has 0 saturated carbocycles. The lowest BCUT2D eigenvalue weighted by Gasteiger charge is -2.22. The predicted molar refractivity (Wildman–Crippen MR) is 228 cm³/mol. The van der Waals surface area contributed by atoms with Gasteiger partial charge in [0.25, 0.3) is 0 Å². The molecule has 1 aliphatic rings. The Labute approximate surface area is 331 Å². The molecule has 2 N–H and O–H groups in total. The van der Waals surface area contributed by atoms with Crippen LogP contribution in [0.5, 0.6) is 0 Å². The summed E-state index contributed by atoms with van der Waals surface area (Å²) in [4.78, 5) is 13.7. The number of ether oxygens (including phenoxy) is 1. The third-order valence-corrected chi connectivity index (χ3v) is 10.8. The van der Waals surface area contributed by atoms with Crippen molar-refractivity contribution in [3.05, 3.63) is 0 Å². The molecule has 1 fully saturated rings. The van der Waals surface area contributed by atoms with Crippen LogP contribution in [0.15, 0.2) is 0 Å². The highest BCUT2D eigenvalue weighted by Gasteiger charge is 2.21. The van der Waals surface area contributed by atoms with Gasteiger partial charge < -0.3 is 10.1 Å². The van der Waals surface area contributed by atoms with Gasteiger partial charge in [0.2, 0.25) is 0 Å². The van der Waals surface area contributed by atoms with Crippen LogP contribution < -0.4 is 5.32 Å². The zero-order valence-corrected chi connectivity index (χ0v) is 36.9. The van der Waals surface area contributed by atoms with Gasteiger partial charge in [0.15, 0.2) is 0 Å². The summed E-state index contributed by atoms with van der Waals surface area (Å²) in [7, 11) is -4.17. The number of carbonyl (C=O) groups excluding carboxylic acids is 1. The van der Waals surface area contributed by atoms with Crippen LogP contribution in [0.1, 0.15) is 240 Å². The molecule has 0 aromatic rings. The molecule has 53 heavy (non-hydrogen) atoms. The predicted octanol–water partition coefficient (Wildman–Crippen LogP) is 13.1. The maximum atomic E-state index is 11.2. The Morgan fingerprint density at radius 2 is 0.925 bits per heavy atom. The molecule has 1 rings (SSSR count). The van der Waals surface area contributed by atoms with E-state index >= 15 is 0 Å². The molecule has 0 aromatic carbocycles. The summed E-state index contributed by atoms with van der Waals surface area (Å²) in [5, 5.41) is 3.63. The summed E-state index contributed by atoms with van der Waals surface area (Å²) in [6.07, 6.45) is 44.8. The molecule has 0 bridgehead atoms. The fraction of sp³-hybridized carbons (Fsp3) is 0.977. The van der Waals surface area contributed by atoms with Crippen LogP contribution >= 0.6 is 0 Å². The van der Waals surface area contributed by atoms with E-state index in [1.54, 1.807) is 0 Å².